The minimum absolute atomic E-state index is 0.147. The van der Waals surface area contributed by atoms with Gasteiger partial charge in [-0.3, -0.25) is 9.59 Å². The molecule has 0 radical (unpaired) electrons. The molecule has 1 aromatic heterocycles. The molecule has 1 aromatic carbocycles. The van der Waals surface area contributed by atoms with E-state index in [1.165, 1.54) is 11.3 Å². The Bertz CT molecular complexity index is 690. The Morgan fingerprint density at radius 3 is 2.91 bits per heavy atom. The van der Waals surface area contributed by atoms with Crippen LogP contribution in [0.4, 0.5) is 5.13 Å². The van der Waals surface area contributed by atoms with Crippen LogP contribution in [-0.4, -0.2) is 36.1 Å². The van der Waals surface area contributed by atoms with Gasteiger partial charge in [0.2, 0.25) is 12.0 Å². The predicted octanol–water partition coefficient (Wildman–Crippen LogP) is 1.43. The number of rotatable bonds is 5. The lowest BCUT2D eigenvalue weighted by atomic mass is 10.2. The van der Waals surface area contributed by atoms with Crippen LogP contribution in [0.2, 0.25) is 0 Å². The molecule has 7 nitrogen and oxygen atoms in total. The summed E-state index contributed by atoms with van der Waals surface area (Å²) in [6, 6.07) is 7.18. The van der Waals surface area contributed by atoms with Crippen molar-refractivity contribution in [3.05, 3.63) is 35.8 Å². The number of ether oxygens (including phenoxy) is 2. The number of thiazole rings is 1. The maximum atomic E-state index is 12.0. The average Bonchev–Trinajstić information content (AvgIpc) is 3.07. The number of carbonyl (C=O) groups is 2. The normalized spacial score (nSPS) is 15.7. The van der Waals surface area contributed by atoms with Gasteiger partial charge < -0.3 is 20.1 Å². The quantitative estimate of drug-likeness (QED) is 0.864. The molecular formula is C15H15N3O4S. The maximum absolute atomic E-state index is 12.0. The lowest BCUT2D eigenvalue weighted by Gasteiger charge is -2.25. The molecule has 1 atom stereocenters. The van der Waals surface area contributed by atoms with Crippen LogP contribution in [0, 0.1) is 0 Å². The number of fused-ring (bicyclic) bond motifs is 1. The van der Waals surface area contributed by atoms with Gasteiger partial charge in [-0.1, -0.05) is 12.1 Å². The summed E-state index contributed by atoms with van der Waals surface area (Å²) in [4.78, 5) is 27.7. The average molecular weight is 333 g/mol. The van der Waals surface area contributed by atoms with E-state index in [4.69, 9.17) is 9.47 Å². The van der Waals surface area contributed by atoms with Crippen LogP contribution < -0.4 is 20.1 Å². The van der Waals surface area contributed by atoms with Crippen molar-refractivity contribution in [1.29, 1.82) is 0 Å². The van der Waals surface area contributed by atoms with Crippen LogP contribution in [-0.2, 0) is 9.59 Å². The highest BCUT2D eigenvalue weighted by Gasteiger charge is 2.26. The van der Waals surface area contributed by atoms with E-state index in [1.54, 1.807) is 23.7 Å². The Hall–Kier alpha value is -2.61. The van der Waals surface area contributed by atoms with Gasteiger partial charge >= 0.3 is 0 Å². The number of para-hydroxylation sites is 2. The van der Waals surface area contributed by atoms with E-state index in [0.29, 0.717) is 16.6 Å². The molecule has 23 heavy (non-hydrogen) atoms. The molecule has 0 bridgehead atoms. The maximum Gasteiger partial charge on any atom is 0.264 e. The number of hydrogen-bond donors (Lipinski definition) is 2. The van der Waals surface area contributed by atoms with Crippen molar-refractivity contribution >= 4 is 28.3 Å². The molecule has 8 heteroatoms. The molecule has 0 saturated heterocycles. The van der Waals surface area contributed by atoms with Crippen LogP contribution in [0.1, 0.15) is 6.42 Å². The third kappa shape index (κ3) is 3.98. The van der Waals surface area contributed by atoms with Gasteiger partial charge in [0.15, 0.2) is 16.6 Å². The van der Waals surface area contributed by atoms with Crippen LogP contribution in [0.5, 0.6) is 11.5 Å². The Balaban J connectivity index is 1.42. The fourth-order valence-corrected chi connectivity index (χ4v) is 2.57. The van der Waals surface area contributed by atoms with Crippen LogP contribution >= 0.6 is 11.3 Å². The number of amides is 2. The minimum atomic E-state index is -0.716. The van der Waals surface area contributed by atoms with E-state index in [1.807, 2.05) is 12.1 Å². The Morgan fingerprint density at radius 1 is 1.30 bits per heavy atom. The molecule has 3 rings (SSSR count). The number of nitrogens with zero attached hydrogens (tertiary/aromatic N) is 1. The van der Waals surface area contributed by atoms with Crippen LogP contribution in [0.25, 0.3) is 0 Å². The molecule has 2 N–H and O–H groups in total. The first-order valence-corrected chi connectivity index (χ1v) is 7.96. The van der Waals surface area contributed by atoms with E-state index in [2.05, 4.69) is 15.6 Å². The van der Waals surface area contributed by atoms with Crippen molar-refractivity contribution in [2.75, 3.05) is 18.5 Å². The Morgan fingerprint density at radius 2 is 2.13 bits per heavy atom. The lowest BCUT2D eigenvalue weighted by Crippen LogP contribution is -2.44. The van der Waals surface area contributed by atoms with Crippen molar-refractivity contribution in [1.82, 2.24) is 10.3 Å². The number of hydrogen-bond acceptors (Lipinski definition) is 6. The number of carbonyl (C=O) groups excluding carboxylic acids is 2. The number of anilines is 1. The highest BCUT2D eigenvalue weighted by Crippen LogP contribution is 2.30. The standard InChI is InChI=1S/C15H15N3O4S/c19-13(18-15-17-7-8-23-15)5-6-16-14(20)12-9-21-10-3-1-2-4-11(10)22-12/h1-4,7-8,12H,5-6,9H2,(H,16,20)(H,17,18,19)/t12-/m1/s1. The van der Waals surface area contributed by atoms with Gasteiger partial charge in [-0.05, 0) is 12.1 Å². The first-order chi connectivity index (χ1) is 11.2. The first-order valence-electron chi connectivity index (χ1n) is 7.08. The smallest absolute Gasteiger partial charge is 0.264 e. The van der Waals surface area contributed by atoms with Gasteiger partial charge in [-0.25, -0.2) is 4.98 Å². The first kappa shape index (κ1) is 15.3. The topological polar surface area (TPSA) is 89.6 Å². The largest absolute Gasteiger partial charge is 0.485 e. The summed E-state index contributed by atoms with van der Waals surface area (Å²) in [6.45, 7) is 0.367. The summed E-state index contributed by atoms with van der Waals surface area (Å²) in [7, 11) is 0. The van der Waals surface area contributed by atoms with E-state index in [9.17, 15) is 9.59 Å². The van der Waals surface area contributed by atoms with Crippen LogP contribution in [0.15, 0.2) is 35.8 Å². The van der Waals surface area contributed by atoms with Crippen molar-refractivity contribution in [3.63, 3.8) is 0 Å². The second-order valence-electron chi connectivity index (χ2n) is 4.79. The van der Waals surface area contributed by atoms with Crippen LogP contribution in [0.3, 0.4) is 0 Å². The summed E-state index contributed by atoms with van der Waals surface area (Å²) >= 11 is 1.34. The van der Waals surface area contributed by atoms with Gasteiger partial charge in [0.25, 0.3) is 5.91 Å². The van der Waals surface area contributed by atoms with Gasteiger partial charge in [0.1, 0.15) is 6.61 Å². The fraction of sp³-hybridized carbons (Fsp3) is 0.267. The molecule has 0 fully saturated rings. The second kappa shape index (κ2) is 7.10. The Labute approximate surface area is 136 Å². The van der Waals surface area contributed by atoms with E-state index in [0.717, 1.165) is 0 Å². The summed E-state index contributed by atoms with van der Waals surface area (Å²) < 4.78 is 11.1. The molecule has 2 amide bonds. The predicted molar refractivity (Wildman–Crippen MR) is 84.7 cm³/mol. The lowest BCUT2D eigenvalue weighted by molar-refractivity contribution is -0.130. The monoisotopic (exact) mass is 333 g/mol. The summed E-state index contributed by atoms with van der Waals surface area (Å²) in [5.41, 5.74) is 0. The summed E-state index contributed by atoms with van der Waals surface area (Å²) in [6.07, 6.45) is 1.06. The SMILES string of the molecule is O=C(CCNC(=O)[C@H]1COc2ccccc2O1)Nc1nccs1. The third-order valence-corrected chi connectivity index (χ3v) is 3.82. The summed E-state index contributed by atoms with van der Waals surface area (Å²) in [5.74, 6) is 0.660. The minimum Gasteiger partial charge on any atom is -0.485 e. The van der Waals surface area contributed by atoms with Gasteiger partial charge in [0, 0.05) is 24.5 Å². The zero-order chi connectivity index (χ0) is 16.1. The number of benzene rings is 1. The highest BCUT2D eigenvalue weighted by molar-refractivity contribution is 7.13. The fourth-order valence-electron chi connectivity index (χ4n) is 2.03. The second-order valence-corrected chi connectivity index (χ2v) is 5.69. The van der Waals surface area contributed by atoms with Crippen molar-refractivity contribution < 1.29 is 19.1 Å². The molecule has 0 aliphatic carbocycles. The molecular weight excluding hydrogens is 318 g/mol. The van der Waals surface area contributed by atoms with Crippen molar-refractivity contribution in [2.45, 2.75) is 12.5 Å². The molecule has 0 saturated carbocycles. The highest BCUT2D eigenvalue weighted by atomic mass is 32.1. The molecule has 1 aliphatic rings. The van der Waals surface area contributed by atoms with Gasteiger partial charge in [-0.2, -0.15) is 0 Å². The van der Waals surface area contributed by atoms with Crippen molar-refractivity contribution in [2.24, 2.45) is 0 Å². The molecule has 0 unspecified atom stereocenters. The van der Waals surface area contributed by atoms with E-state index < -0.39 is 6.10 Å². The van der Waals surface area contributed by atoms with E-state index >= 15 is 0 Å². The molecule has 0 spiro atoms. The number of nitrogens with one attached hydrogen (secondary N) is 2. The third-order valence-electron chi connectivity index (χ3n) is 3.13. The zero-order valence-corrected chi connectivity index (χ0v) is 13.0. The number of aromatic nitrogens is 1. The van der Waals surface area contributed by atoms with Gasteiger partial charge in [-0.15, -0.1) is 11.3 Å². The molecule has 2 heterocycles. The molecule has 1 aliphatic heterocycles. The Kier molecular flexibility index (Phi) is 4.72. The summed E-state index contributed by atoms with van der Waals surface area (Å²) in [5, 5.41) is 7.64. The van der Waals surface area contributed by atoms with Gasteiger partial charge in [0.05, 0.1) is 0 Å². The van der Waals surface area contributed by atoms with Crippen molar-refractivity contribution in [3.8, 4) is 11.5 Å². The van der Waals surface area contributed by atoms with E-state index in [-0.39, 0.29) is 31.4 Å². The molecule has 2 aromatic rings. The molecule has 120 valence electrons. The zero-order valence-electron chi connectivity index (χ0n) is 12.2.